The summed E-state index contributed by atoms with van der Waals surface area (Å²) in [6.07, 6.45) is -4.86. The van der Waals surface area contributed by atoms with Crippen molar-refractivity contribution in [1.29, 1.82) is 0 Å². The van der Waals surface area contributed by atoms with Crippen molar-refractivity contribution in [3.8, 4) is 0 Å². The van der Waals surface area contributed by atoms with Crippen LogP contribution in [0.2, 0.25) is 0 Å². The molecule has 10 nitrogen and oxygen atoms in total. The van der Waals surface area contributed by atoms with Crippen LogP contribution in [0.1, 0.15) is 34.6 Å². The van der Waals surface area contributed by atoms with Gasteiger partial charge in [0.05, 0.1) is 0 Å². The second-order valence-electron chi connectivity index (χ2n) is 5.99. The van der Waals surface area contributed by atoms with Crippen molar-refractivity contribution in [2.45, 2.75) is 71.3 Å². The van der Waals surface area contributed by atoms with Crippen molar-refractivity contribution >= 4 is 17.9 Å². The van der Waals surface area contributed by atoms with Crippen molar-refractivity contribution in [2.24, 2.45) is 0 Å². The Labute approximate surface area is 150 Å². The van der Waals surface area contributed by atoms with Gasteiger partial charge in [-0.05, 0) is 6.92 Å². The molecule has 2 heterocycles. The van der Waals surface area contributed by atoms with E-state index in [1.807, 2.05) is 0 Å². The van der Waals surface area contributed by atoms with E-state index in [1.165, 1.54) is 20.8 Å². The molecule has 0 spiro atoms. The molecule has 2 fully saturated rings. The molecule has 0 amide bonds. The van der Waals surface area contributed by atoms with Crippen LogP contribution < -0.4 is 0 Å². The second-order valence-corrected chi connectivity index (χ2v) is 5.99. The van der Waals surface area contributed by atoms with Gasteiger partial charge in [-0.15, -0.1) is 0 Å². The quantitative estimate of drug-likeness (QED) is 0.472. The molecule has 0 aromatic rings. The van der Waals surface area contributed by atoms with Gasteiger partial charge < -0.3 is 28.4 Å². The van der Waals surface area contributed by atoms with E-state index in [2.05, 4.69) is 0 Å². The van der Waals surface area contributed by atoms with Gasteiger partial charge in [-0.2, -0.15) is 0 Å². The molecule has 2 unspecified atom stereocenters. The van der Waals surface area contributed by atoms with Crippen LogP contribution in [-0.4, -0.2) is 67.8 Å². The Morgan fingerprint density at radius 2 is 1.58 bits per heavy atom. The maximum atomic E-state index is 11.6. The van der Waals surface area contributed by atoms with Gasteiger partial charge in [0.1, 0.15) is 12.7 Å². The van der Waals surface area contributed by atoms with Crippen LogP contribution in [0.3, 0.4) is 0 Å². The second kappa shape index (κ2) is 8.30. The van der Waals surface area contributed by atoms with Crippen LogP contribution in [0, 0.1) is 0 Å². The maximum Gasteiger partial charge on any atom is 0.303 e. The molecular weight excluding hydrogens is 352 g/mol. The summed E-state index contributed by atoms with van der Waals surface area (Å²) in [5.74, 6) is -3.18. The summed E-state index contributed by atoms with van der Waals surface area (Å²) < 4.78 is 38.2. The van der Waals surface area contributed by atoms with E-state index in [-0.39, 0.29) is 6.61 Å². The lowest BCUT2D eigenvalue weighted by atomic mass is 9.98. The lowest BCUT2D eigenvalue weighted by Gasteiger charge is -2.40. The Bertz CT molecular complexity index is 549. The molecule has 0 radical (unpaired) electrons. The number of carbonyl (C=O) groups is 3. The topological polar surface area (TPSA) is 116 Å². The van der Waals surface area contributed by atoms with Crippen LogP contribution in [0.5, 0.6) is 0 Å². The molecule has 148 valence electrons. The predicted molar refractivity (Wildman–Crippen MR) is 82.4 cm³/mol. The van der Waals surface area contributed by atoms with Crippen molar-refractivity contribution in [3.63, 3.8) is 0 Å². The Morgan fingerprint density at radius 3 is 2.12 bits per heavy atom. The van der Waals surface area contributed by atoms with Gasteiger partial charge in [0.15, 0.2) is 24.6 Å². The van der Waals surface area contributed by atoms with Gasteiger partial charge >= 0.3 is 17.9 Å². The molecule has 2 aliphatic rings. The number of fused-ring (bicyclic) bond motifs is 1. The van der Waals surface area contributed by atoms with Gasteiger partial charge in [0, 0.05) is 34.3 Å². The number of carbonyl (C=O) groups excluding carboxylic acids is 3. The first-order valence-electron chi connectivity index (χ1n) is 8.28. The fourth-order valence-corrected chi connectivity index (χ4v) is 2.91. The van der Waals surface area contributed by atoms with Crippen LogP contribution in [0.25, 0.3) is 0 Å². The van der Waals surface area contributed by atoms with E-state index in [0.717, 1.165) is 0 Å². The molecule has 26 heavy (non-hydrogen) atoms. The molecule has 2 aliphatic heterocycles. The summed E-state index contributed by atoms with van der Waals surface area (Å²) >= 11 is 0. The minimum atomic E-state index is -1.42. The first kappa shape index (κ1) is 20.6. The highest BCUT2D eigenvalue weighted by Crippen LogP contribution is 2.39. The predicted octanol–water partition coefficient (Wildman–Crippen LogP) is 0.263. The average molecular weight is 376 g/mol. The van der Waals surface area contributed by atoms with Crippen LogP contribution in [-0.2, 0) is 47.5 Å². The molecule has 10 heteroatoms. The molecule has 2 rings (SSSR count). The van der Waals surface area contributed by atoms with Crippen molar-refractivity contribution in [1.82, 2.24) is 0 Å². The highest BCUT2D eigenvalue weighted by molar-refractivity contribution is 5.67. The Balaban J connectivity index is 2.29. The summed E-state index contributed by atoms with van der Waals surface area (Å²) in [6, 6.07) is 0. The van der Waals surface area contributed by atoms with Gasteiger partial charge in [0.2, 0.25) is 0 Å². The van der Waals surface area contributed by atoms with Gasteiger partial charge in [-0.25, -0.2) is 0 Å². The molecular formula is C16H24O10. The highest BCUT2D eigenvalue weighted by Gasteiger charge is 2.59. The third-order valence-corrected chi connectivity index (χ3v) is 3.73. The van der Waals surface area contributed by atoms with Crippen LogP contribution in [0.4, 0.5) is 0 Å². The molecule has 2 saturated heterocycles. The van der Waals surface area contributed by atoms with Crippen molar-refractivity contribution < 1.29 is 47.5 Å². The normalized spacial score (nSPS) is 36.1. The lowest BCUT2D eigenvalue weighted by Crippen LogP contribution is -2.60. The lowest BCUT2D eigenvalue weighted by molar-refractivity contribution is -0.342. The van der Waals surface area contributed by atoms with Gasteiger partial charge in [-0.1, -0.05) is 0 Å². The first-order chi connectivity index (χ1) is 12.1. The number of hydrogen-bond acceptors (Lipinski definition) is 10. The first-order valence-corrected chi connectivity index (χ1v) is 8.28. The largest absolute Gasteiger partial charge is 0.463 e. The molecule has 0 aromatic carbocycles. The molecule has 6 atom stereocenters. The monoisotopic (exact) mass is 376 g/mol. The Kier molecular flexibility index (Phi) is 6.56. The average Bonchev–Trinajstić information content (AvgIpc) is 2.83. The van der Waals surface area contributed by atoms with E-state index < -0.39 is 54.6 Å². The van der Waals surface area contributed by atoms with E-state index in [1.54, 1.807) is 13.8 Å². The van der Waals surface area contributed by atoms with Crippen molar-refractivity contribution in [3.05, 3.63) is 0 Å². The van der Waals surface area contributed by atoms with E-state index in [9.17, 15) is 14.4 Å². The molecule has 0 aromatic heterocycles. The zero-order valence-corrected chi connectivity index (χ0v) is 15.4. The highest BCUT2D eigenvalue weighted by atomic mass is 16.9. The van der Waals surface area contributed by atoms with E-state index in [4.69, 9.17) is 33.2 Å². The van der Waals surface area contributed by atoms with Gasteiger partial charge in [0.25, 0.3) is 5.97 Å². The Morgan fingerprint density at radius 1 is 0.962 bits per heavy atom. The molecule has 0 saturated carbocycles. The number of hydrogen-bond donors (Lipinski definition) is 0. The smallest absolute Gasteiger partial charge is 0.303 e. The summed E-state index contributed by atoms with van der Waals surface area (Å²) in [4.78, 5) is 34.2. The zero-order chi connectivity index (χ0) is 19.5. The summed E-state index contributed by atoms with van der Waals surface area (Å²) in [5.41, 5.74) is 0. The summed E-state index contributed by atoms with van der Waals surface area (Å²) in [5, 5.41) is 0. The standard InChI is InChI=1S/C16H24O10/c1-6-21-16(5)25-14-13(23-10(4)19)12(22-9(3)18)11(7-20-8(2)17)24-15(14)26-16/h11-15H,6-7H2,1-5H3/t11?,12-,13-,14+,15-,16?/m1/s1. The van der Waals surface area contributed by atoms with E-state index >= 15 is 0 Å². The number of esters is 3. The summed E-state index contributed by atoms with van der Waals surface area (Å²) in [6.45, 7) is 7.04. The fourth-order valence-electron chi connectivity index (χ4n) is 2.91. The molecule has 0 aliphatic carbocycles. The molecule has 0 N–H and O–H groups in total. The fraction of sp³-hybridized carbons (Fsp3) is 0.812. The SMILES string of the molecule is CCOC1(C)O[C@H]2OC(COC(C)=O)[C@@H](OC(C)=O)[C@@H](OC(C)=O)[C@@H]2O1. The zero-order valence-electron chi connectivity index (χ0n) is 15.4. The summed E-state index contributed by atoms with van der Waals surface area (Å²) in [7, 11) is 0. The number of ether oxygens (including phenoxy) is 7. The third-order valence-electron chi connectivity index (χ3n) is 3.73. The van der Waals surface area contributed by atoms with Crippen molar-refractivity contribution in [2.75, 3.05) is 13.2 Å². The minimum absolute atomic E-state index is 0.219. The minimum Gasteiger partial charge on any atom is -0.463 e. The van der Waals surface area contributed by atoms with Crippen LogP contribution >= 0.6 is 0 Å². The molecule has 0 bridgehead atoms. The van der Waals surface area contributed by atoms with Gasteiger partial charge in [-0.3, -0.25) is 19.1 Å². The number of rotatable bonds is 6. The maximum absolute atomic E-state index is 11.6. The van der Waals surface area contributed by atoms with E-state index in [0.29, 0.717) is 6.61 Å². The Hall–Kier alpha value is -1.75. The van der Waals surface area contributed by atoms with Crippen LogP contribution in [0.15, 0.2) is 0 Å². The third kappa shape index (κ3) is 4.91.